The molecule has 0 amide bonds. The maximum atomic E-state index is 11.0. The Bertz CT molecular complexity index is 488. The third kappa shape index (κ3) is 2.25. The van der Waals surface area contributed by atoms with Gasteiger partial charge in [0.25, 0.3) is 9.05 Å². The van der Waals surface area contributed by atoms with Gasteiger partial charge in [-0.1, -0.05) is 13.0 Å². The van der Waals surface area contributed by atoms with Crippen molar-refractivity contribution in [3.63, 3.8) is 0 Å². The minimum absolute atomic E-state index is 0.0966. The van der Waals surface area contributed by atoms with E-state index in [0.717, 1.165) is 12.0 Å². The summed E-state index contributed by atoms with van der Waals surface area (Å²) in [5.41, 5.74) is 1.00. The fraction of sp³-hybridized carbons (Fsp3) is 0.222. The molecule has 5 heteroatoms. The Hall–Kier alpha value is -1.05. The lowest BCUT2D eigenvalue weighted by atomic mass is 10.1. The second-order valence-corrected chi connectivity index (χ2v) is 5.27. The van der Waals surface area contributed by atoms with E-state index in [2.05, 4.69) is 0 Å². The van der Waals surface area contributed by atoms with Gasteiger partial charge in [-0.2, -0.15) is 5.26 Å². The molecule has 0 unspecified atom stereocenters. The quantitative estimate of drug-likeness (QED) is 0.730. The molecule has 14 heavy (non-hydrogen) atoms. The van der Waals surface area contributed by atoms with Crippen molar-refractivity contribution in [3.05, 3.63) is 29.3 Å². The molecule has 0 spiro atoms. The molecule has 0 radical (unpaired) electrons. The molecule has 0 aliphatic heterocycles. The molecular formula is C9H8ClNO2S. The van der Waals surface area contributed by atoms with Gasteiger partial charge in [-0.25, -0.2) is 8.42 Å². The van der Waals surface area contributed by atoms with E-state index in [1.54, 1.807) is 6.07 Å². The highest BCUT2D eigenvalue weighted by molar-refractivity contribution is 8.13. The fourth-order valence-electron chi connectivity index (χ4n) is 1.10. The van der Waals surface area contributed by atoms with Gasteiger partial charge in [0.2, 0.25) is 0 Å². The number of hydrogen-bond donors (Lipinski definition) is 0. The molecule has 0 aromatic heterocycles. The van der Waals surface area contributed by atoms with Gasteiger partial charge in [0.05, 0.1) is 5.56 Å². The fourth-order valence-corrected chi connectivity index (χ4v) is 2.10. The van der Waals surface area contributed by atoms with Crippen molar-refractivity contribution < 1.29 is 8.42 Å². The molecule has 3 nitrogen and oxygen atoms in total. The molecular weight excluding hydrogens is 222 g/mol. The van der Waals surface area contributed by atoms with E-state index in [9.17, 15) is 8.42 Å². The molecule has 0 saturated carbocycles. The van der Waals surface area contributed by atoms with Crippen molar-refractivity contribution in [3.8, 4) is 6.07 Å². The molecule has 0 aliphatic carbocycles. The topological polar surface area (TPSA) is 57.9 Å². The van der Waals surface area contributed by atoms with E-state index in [-0.39, 0.29) is 10.5 Å². The summed E-state index contributed by atoms with van der Waals surface area (Å²) in [6.45, 7) is 1.92. The molecule has 0 bridgehead atoms. The number of aryl methyl sites for hydroxylation is 1. The van der Waals surface area contributed by atoms with Gasteiger partial charge >= 0.3 is 0 Å². The van der Waals surface area contributed by atoms with E-state index in [1.165, 1.54) is 12.1 Å². The monoisotopic (exact) mass is 229 g/mol. The van der Waals surface area contributed by atoms with Crippen molar-refractivity contribution in [1.29, 1.82) is 5.26 Å². The van der Waals surface area contributed by atoms with Crippen LogP contribution in [0.4, 0.5) is 0 Å². The van der Waals surface area contributed by atoms with E-state index in [0.29, 0.717) is 0 Å². The number of halogens is 1. The van der Waals surface area contributed by atoms with Crippen LogP contribution in [0.15, 0.2) is 23.1 Å². The van der Waals surface area contributed by atoms with E-state index >= 15 is 0 Å². The third-order valence-corrected chi connectivity index (χ3v) is 3.22. The van der Waals surface area contributed by atoms with Crippen molar-refractivity contribution in [2.75, 3.05) is 0 Å². The molecule has 1 aromatic carbocycles. The molecule has 0 aliphatic rings. The second kappa shape index (κ2) is 3.99. The summed E-state index contributed by atoms with van der Waals surface area (Å²) in [5, 5.41) is 8.73. The number of nitrogens with zero attached hydrogens (tertiary/aromatic N) is 1. The van der Waals surface area contributed by atoms with E-state index in [1.807, 2.05) is 13.0 Å². The Morgan fingerprint density at radius 2 is 2.14 bits per heavy atom. The SMILES string of the molecule is CCc1ccc(S(=O)(=O)Cl)c(C#N)c1. The predicted molar refractivity (Wildman–Crippen MR) is 53.6 cm³/mol. The summed E-state index contributed by atoms with van der Waals surface area (Å²) in [6, 6.07) is 6.36. The van der Waals surface area contributed by atoms with Crippen molar-refractivity contribution in [1.82, 2.24) is 0 Å². The van der Waals surface area contributed by atoms with Gasteiger partial charge < -0.3 is 0 Å². The summed E-state index contributed by atoms with van der Waals surface area (Å²) in [4.78, 5) is -0.126. The van der Waals surface area contributed by atoms with Crippen molar-refractivity contribution in [2.24, 2.45) is 0 Å². The van der Waals surface area contributed by atoms with Crippen LogP contribution in [0.5, 0.6) is 0 Å². The Kier molecular flexibility index (Phi) is 3.14. The van der Waals surface area contributed by atoms with Crippen LogP contribution in [0, 0.1) is 11.3 Å². The standard InChI is InChI=1S/C9H8ClNO2S/c1-2-7-3-4-9(14(10,12)13)8(5-7)6-11/h3-5H,2H2,1H3. The first-order chi connectivity index (χ1) is 6.49. The summed E-state index contributed by atoms with van der Waals surface area (Å²) in [5.74, 6) is 0. The highest BCUT2D eigenvalue weighted by atomic mass is 35.7. The van der Waals surface area contributed by atoms with Crippen LogP contribution in [-0.4, -0.2) is 8.42 Å². The second-order valence-electron chi connectivity index (χ2n) is 2.73. The molecule has 0 fully saturated rings. The highest BCUT2D eigenvalue weighted by Gasteiger charge is 2.15. The Balaban J connectivity index is 3.43. The lowest BCUT2D eigenvalue weighted by Gasteiger charge is -2.01. The first-order valence-electron chi connectivity index (χ1n) is 3.96. The molecule has 1 rings (SSSR count). The normalized spacial score (nSPS) is 10.9. The summed E-state index contributed by atoms with van der Waals surface area (Å²) >= 11 is 0. The number of benzene rings is 1. The van der Waals surface area contributed by atoms with Gasteiger partial charge in [-0.3, -0.25) is 0 Å². The van der Waals surface area contributed by atoms with Crippen LogP contribution in [0.3, 0.4) is 0 Å². The van der Waals surface area contributed by atoms with Crippen LogP contribution >= 0.6 is 10.7 Å². The number of nitriles is 1. The van der Waals surface area contributed by atoms with Gasteiger partial charge in [-0.15, -0.1) is 0 Å². The van der Waals surface area contributed by atoms with Crippen molar-refractivity contribution >= 4 is 19.7 Å². The Morgan fingerprint density at radius 1 is 1.50 bits per heavy atom. The van der Waals surface area contributed by atoms with Gasteiger partial charge in [-0.05, 0) is 24.1 Å². The maximum absolute atomic E-state index is 11.0. The lowest BCUT2D eigenvalue weighted by molar-refractivity contribution is 0.609. The predicted octanol–water partition coefficient (Wildman–Crippen LogP) is 2.05. The van der Waals surface area contributed by atoms with Crippen LogP contribution in [0.25, 0.3) is 0 Å². The Labute approximate surface area is 87.4 Å². The molecule has 0 heterocycles. The summed E-state index contributed by atoms with van der Waals surface area (Å²) in [7, 11) is 1.34. The van der Waals surface area contributed by atoms with Gasteiger partial charge in [0.15, 0.2) is 0 Å². The highest BCUT2D eigenvalue weighted by Crippen LogP contribution is 2.20. The molecule has 1 aromatic rings. The number of rotatable bonds is 2. The van der Waals surface area contributed by atoms with Crippen LogP contribution < -0.4 is 0 Å². The molecule has 74 valence electrons. The van der Waals surface area contributed by atoms with Crippen LogP contribution in [0.2, 0.25) is 0 Å². The zero-order chi connectivity index (χ0) is 10.8. The Morgan fingerprint density at radius 3 is 2.57 bits per heavy atom. The van der Waals surface area contributed by atoms with Gasteiger partial charge in [0, 0.05) is 10.7 Å². The molecule has 0 saturated heterocycles. The lowest BCUT2D eigenvalue weighted by Crippen LogP contribution is -1.96. The average molecular weight is 230 g/mol. The minimum atomic E-state index is -3.82. The molecule has 0 N–H and O–H groups in total. The first-order valence-corrected chi connectivity index (χ1v) is 6.27. The van der Waals surface area contributed by atoms with E-state index < -0.39 is 9.05 Å². The van der Waals surface area contributed by atoms with Crippen molar-refractivity contribution in [2.45, 2.75) is 18.2 Å². The number of hydrogen-bond acceptors (Lipinski definition) is 3. The summed E-state index contributed by atoms with van der Waals surface area (Å²) in [6.07, 6.45) is 0.747. The minimum Gasteiger partial charge on any atom is -0.207 e. The smallest absolute Gasteiger partial charge is 0.207 e. The zero-order valence-corrected chi connectivity index (χ0v) is 9.06. The van der Waals surface area contributed by atoms with Crippen LogP contribution in [-0.2, 0) is 15.5 Å². The third-order valence-electron chi connectivity index (χ3n) is 1.84. The first kappa shape index (κ1) is 11.0. The molecule has 0 atom stereocenters. The van der Waals surface area contributed by atoms with Gasteiger partial charge in [0.1, 0.15) is 11.0 Å². The maximum Gasteiger partial charge on any atom is 0.262 e. The summed E-state index contributed by atoms with van der Waals surface area (Å²) < 4.78 is 22.1. The van der Waals surface area contributed by atoms with Crippen LogP contribution in [0.1, 0.15) is 18.1 Å². The average Bonchev–Trinajstić information content (AvgIpc) is 2.15. The van der Waals surface area contributed by atoms with E-state index in [4.69, 9.17) is 15.9 Å². The zero-order valence-electron chi connectivity index (χ0n) is 7.49. The largest absolute Gasteiger partial charge is 0.262 e.